The summed E-state index contributed by atoms with van der Waals surface area (Å²) in [5, 5.41) is 0. The molecule has 0 fully saturated rings. The average molecular weight is 171 g/mol. The summed E-state index contributed by atoms with van der Waals surface area (Å²) in [6.07, 6.45) is 0. The van der Waals surface area contributed by atoms with Crippen LogP contribution < -0.4 is 5.73 Å². The fourth-order valence-corrected chi connectivity index (χ4v) is 1.33. The van der Waals surface area contributed by atoms with Crippen LogP contribution in [0.1, 0.15) is 0 Å². The Morgan fingerprint density at radius 2 is 2.11 bits per heavy atom. The van der Waals surface area contributed by atoms with Gasteiger partial charge in [-0.25, -0.2) is 4.57 Å². The van der Waals surface area contributed by atoms with Gasteiger partial charge >= 0.3 is 6.80 Å². The summed E-state index contributed by atoms with van der Waals surface area (Å²) in [6, 6.07) is 0. The lowest BCUT2D eigenvalue weighted by molar-refractivity contribution is -0.115. The molecule has 0 aromatic heterocycles. The molecule has 0 saturated carbocycles. The van der Waals surface area contributed by atoms with Crippen molar-refractivity contribution in [1.29, 1.82) is 0 Å². The number of rotatable bonds is 3. The van der Waals surface area contributed by atoms with Crippen LogP contribution in [0.15, 0.2) is 0 Å². The van der Waals surface area contributed by atoms with Crippen molar-refractivity contribution in [3.63, 3.8) is 0 Å². The summed E-state index contributed by atoms with van der Waals surface area (Å²) in [5.41, 5.74) is 4.60. The van der Waals surface area contributed by atoms with Crippen molar-refractivity contribution in [2.45, 2.75) is 0 Å². The van der Waals surface area contributed by atoms with E-state index in [9.17, 15) is 9.36 Å². The van der Waals surface area contributed by atoms with Crippen molar-refractivity contribution in [2.75, 3.05) is 5.75 Å². The highest BCUT2D eigenvalue weighted by Crippen LogP contribution is 2.49. The minimum atomic E-state index is -4.10. The maximum Gasteiger partial charge on any atom is 0.384 e. The van der Waals surface area contributed by atoms with Gasteiger partial charge in [0, 0.05) is 0 Å². The van der Waals surface area contributed by atoms with Gasteiger partial charge in [0.15, 0.2) is 0 Å². The van der Waals surface area contributed by atoms with E-state index in [1.54, 1.807) is 0 Å². The first-order valence-corrected chi connectivity index (χ1v) is 5.10. The molecule has 0 atom stereocenters. The minimum absolute atomic E-state index is 0.234. The Kier molecular flexibility index (Phi) is 3.21. The first-order chi connectivity index (χ1) is 3.92. The molecule has 54 valence electrons. The van der Waals surface area contributed by atoms with E-state index in [4.69, 9.17) is 9.79 Å². The summed E-state index contributed by atoms with van der Waals surface area (Å²) in [7, 11) is 0. The summed E-state index contributed by atoms with van der Waals surface area (Å²) in [6.45, 7) is -4.10. The van der Waals surface area contributed by atoms with Crippen LogP contribution in [-0.2, 0) is 9.36 Å². The molecule has 0 aromatic rings. The topological polar surface area (TPSA) is 101 Å². The van der Waals surface area contributed by atoms with E-state index < -0.39 is 12.7 Å². The van der Waals surface area contributed by atoms with Gasteiger partial charge in [-0.05, 0) is 11.4 Å². The average Bonchev–Trinajstić information content (AvgIpc) is 1.59. The Morgan fingerprint density at radius 1 is 1.67 bits per heavy atom. The lowest BCUT2D eigenvalue weighted by atomic mass is 10.8. The Hall–Kier alpha value is -0.0300. The van der Waals surface area contributed by atoms with Gasteiger partial charge in [0.25, 0.3) is 0 Å². The SMILES string of the molecule is NC(=O)CSP(=O)(O)O. The van der Waals surface area contributed by atoms with Crippen LogP contribution in [0, 0.1) is 0 Å². The van der Waals surface area contributed by atoms with Crippen LogP contribution in [0.3, 0.4) is 0 Å². The highest BCUT2D eigenvalue weighted by molar-refractivity contribution is 8.54. The second kappa shape index (κ2) is 3.22. The molecule has 0 unspecified atom stereocenters. The van der Waals surface area contributed by atoms with Crippen LogP contribution in [0.5, 0.6) is 0 Å². The Labute approximate surface area is 55.5 Å². The second-order valence-corrected chi connectivity index (χ2v) is 4.96. The largest absolute Gasteiger partial charge is 0.384 e. The fourth-order valence-electron chi connectivity index (χ4n) is 0.148. The number of nitrogens with two attached hydrogens (primary N) is 1. The zero-order chi connectivity index (χ0) is 7.49. The van der Waals surface area contributed by atoms with Gasteiger partial charge in [0.1, 0.15) is 0 Å². The third-order valence-electron chi connectivity index (χ3n) is 0.375. The normalized spacial score (nSPS) is 11.3. The molecule has 4 N–H and O–H groups in total. The Morgan fingerprint density at radius 3 is 2.22 bits per heavy atom. The molecular weight excluding hydrogens is 165 g/mol. The number of hydrogen-bond donors (Lipinski definition) is 3. The van der Waals surface area contributed by atoms with Crippen molar-refractivity contribution >= 4 is 24.1 Å². The first-order valence-electron chi connectivity index (χ1n) is 1.90. The number of hydrogen-bond acceptors (Lipinski definition) is 3. The van der Waals surface area contributed by atoms with Gasteiger partial charge in [-0.15, -0.1) is 0 Å². The lowest BCUT2D eigenvalue weighted by Crippen LogP contribution is -2.12. The predicted molar refractivity (Wildman–Crippen MR) is 33.7 cm³/mol. The molecule has 0 radical (unpaired) electrons. The fraction of sp³-hybridized carbons (Fsp3) is 0.500. The van der Waals surface area contributed by atoms with Gasteiger partial charge in [-0.1, -0.05) is 0 Å². The van der Waals surface area contributed by atoms with Crippen molar-refractivity contribution in [2.24, 2.45) is 5.73 Å². The zero-order valence-corrected chi connectivity index (χ0v) is 6.06. The van der Waals surface area contributed by atoms with Crippen molar-refractivity contribution in [3.8, 4) is 0 Å². The smallest absolute Gasteiger partial charge is 0.369 e. The summed E-state index contributed by atoms with van der Waals surface area (Å²) >= 11 is 0.234. The lowest BCUT2D eigenvalue weighted by Gasteiger charge is -1.97. The molecule has 0 aliphatic heterocycles. The zero-order valence-electron chi connectivity index (χ0n) is 4.35. The molecule has 0 aliphatic carbocycles. The van der Waals surface area contributed by atoms with Crippen LogP contribution >= 0.6 is 18.2 Å². The highest BCUT2D eigenvalue weighted by atomic mass is 32.7. The molecule has 1 amide bonds. The highest BCUT2D eigenvalue weighted by Gasteiger charge is 2.14. The second-order valence-electron chi connectivity index (χ2n) is 1.23. The molecule has 7 heteroatoms. The molecular formula is C2H6NO4PS. The molecule has 0 aromatic carbocycles. The summed E-state index contributed by atoms with van der Waals surface area (Å²) < 4.78 is 9.99. The maximum atomic E-state index is 9.99. The van der Waals surface area contributed by atoms with Gasteiger partial charge in [0.2, 0.25) is 5.91 Å². The molecule has 0 heterocycles. The van der Waals surface area contributed by atoms with E-state index in [0.717, 1.165) is 0 Å². The van der Waals surface area contributed by atoms with Gasteiger partial charge < -0.3 is 15.5 Å². The number of amides is 1. The van der Waals surface area contributed by atoms with E-state index in [1.165, 1.54) is 0 Å². The quantitative estimate of drug-likeness (QED) is 0.487. The standard InChI is InChI=1S/C2H6NO4PS/c3-2(4)1-9-8(5,6)7/h1H2,(H2,3,4)(H2,5,6,7). The van der Waals surface area contributed by atoms with E-state index in [-0.39, 0.29) is 17.1 Å². The van der Waals surface area contributed by atoms with Crippen LogP contribution in [-0.4, -0.2) is 21.4 Å². The molecule has 9 heavy (non-hydrogen) atoms. The number of carbonyl (C=O) groups is 1. The summed E-state index contributed by atoms with van der Waals surface area (Å²) in [5.74, 6) is -1.08. The van der Waals surface area contributed by atoms with Gasteiger partial charge in [-0.3, -0.25) is 4.79 Å². The molecule has 0 bridgehead atoms. The van der Waals surface area contributed by atoms with Crippen molar-refractivity contribution in [1.82, 2.24) is 0 Å². The van der Waals surface area contributed by atoms with E-state index in [0.29, 0.717) is 0 Å². The van der Waals surface area contributed by atoms with Gasteiger partial charge in [-0.2, -0.15) is 0 Å². The minimum Gasteiger partial charge on any atom is -0.369 e. The third-order valence-corrected chi connectivity index (χ3v) is 2.52. The molecule has 0 saturated heterocycles. The van der Waals surface area contributed by atoms with Crippen LogP contribution in [0.25, 0.3) is 0 Å². The number of carbonyl (C=O) groups excluding carboxylic acids is 1. The predicted octanol–water partition coefficient (Wildman–Crippen LogP) is -0.702. The van der Waals surface area contributed by atoms with Gasteiger partial charge in [0.05, 0.1) is 5.75 Å². The molecule has 0 spiro atoms. The van der Waals surface area contributed by atoms with Crippen LogP contribution in [0.2, 0.25) is 0 Å². The van der Waals surface area contributed by atoms with E-state index in [2.05, 4.69) is 5.73 Å². The molecule has 5 nitrogen and oxygen atoms in total. The van der Waals surface area contributed by atoms with Crippen LogP contribution in [0.4, 0.5) is 0 Å². The molecule has 0 rings (SSSR count). The Balaban J connectivity index is 3.53. The van der Waals surface area contributed by atoms with Crippen molar-refractivity contribution < 1.29 is 19.1 Å². The molecule has 0 aliphatic rings. The van der Waals surface area contributed by atoms with E-state index >= 15 is 0 Å². The maximum absolute atomic E-state index is 9.99. The number of primary amides is 1. The van der Waals surface area contributed by atoms with Crippen molar-refractivity contribution in [3.05, 3.63) is 0 Å². The monoisotopic (exact) mass is 171 g/mol. The Bertz CT molecular complexity index is 153. The summed E-state index contributed by atoms with van der Waals surface area (Å²) in [4.78, 5) is 26.2. The third kappa shape index (κ3) is 7.97. The van der Waals surface area contributed by atoms with E-state index in [1.807, 2.05) is 0 Å². The first kappa shape index (κ1) is 8.97.